The smallest absolute Gasteiger partial charge is 0.410 e. The Labute approximate surface area is 215 Å². The Morgan fingerprint density at radius 3 is 2.50 bits per heavy atom. The van der Waals surface area contributed by atoms with Crippen LogP contribution in [0.15, 0.2) is 53.4 Å². The van der Waals surface area contributed by atoms with Gasteiger partial charge in [0.1, 0.15) is 5.60 Å². The molecule has 2 atom stereocenters. The first-order chi connectivity index (χ1) is 17.1. The highest BCUT2D eigenvalue weighted by molar-refractivity contribution is 7.99. The summed E-state index contributed by atoms with van der Waals surface area (Å²) in [6.45, 7) is 7.09. The number of fused-ring (bicyclic) bond motifs is 1. The molecule has 2 aromatic rings. The van der Waals surface area contributed by atoms with Crippen molar-refractivity contribution in [1.82, 2.24) is 15.7 Å². The average molecular weight is 513 g/mol. The van der Waals surface area contributed by atoms with Crippen LogP contribution in [0, 0.1) is 5.92 Å². The van der Waals surface area contributed by atoms with Gasteiger partial charge in [-0.2, -0.15) is 0 Å². The van der Waals surface area contributed by atoms with Gasteiger partial charge in [0.2, 0.25) is 5.91 Å². The van der Waals surface area contributed by atoms with E-state index in [4.69, 9.17) is 9.94 Å². The van der Waals surface area contributed by atoms with Crippen molar-refractivity contribution in [2.45, 2.75) is 43.9 Å². The van der Waals surface area contributed by atoms with Crippen molar-refractivity contribution in [3.63, 3.8) is 0 Å². The standard InChI is InChI=1S/C26H32N4O5S/c1-26(2,3)35-25(33)30-15-19(24(32)28-34)20(16-30)27-23(31)18-10-8-17(9-11-18)14-29-12-13-36-22-7-5-4-6-21(22)29/h4-11,19-20,34H,12-16H2,1-3H3,(H,27,31)(H,28,32)/t19-,20+/m0/s1. The third-order valence-electron chi connectivity index (χ3n) is 6.15. The van der Waals surface area contributed by atoms with E-state index in [0.29, 0.717) is 5.56 Å². The van der Waals surface area contributed by atoms with E-state index in [0.717, 1.165) is 24.4 Å². The van der Waals surface area contributed by atoms with E-state index in [9.17, 15) is 14.4 Å². The lowest BCUT2D eigenvalue weighted by atomic mass is 10.0. The Morgan fingerprint density at radius 2 is 1.81 bits per heavy atom. The second kappa shape index (κ2) is 10.8. The van der Waals surface area contributed by atoms with E-state index in [-0.39, 0.29) is 19.0 Å². The van der Waals surface area contributed by atoms with E-state index in [2.05, 4.69) is 28.4 Å². The summed E-state index contributed by atoms with van der Waals surface area (Å²) in [6.07, 6.45) is -0.572. The van der Waals surface area contributed by atoms with E-state index in [1.54, 1.807) is 38.4 Å². The summed E-state index contributed by atoms with van der Waals surface area (Å²) in [5, 5.41) is 12.0. The monoisotopic (exact) mass is 512 g/mol. The summed E-state index contributed by atoms with van der Waals surface area (Å²) in [5.41, 5.74) is 3.70. The molecule has 2 aliphatic heterocycles. The summed E-state index contributed by atoms with van der Waals surface area (Å²) in [7, 11) is 0. The van der Waals surface area contributed by atoms with E-state index < -0.39 is 29.6 Å². The molecular weight excluding hydrogens is 480 g/mol. The second-order valence-electron chi connectivity index (χ2n) is 9.98. The topological polar surface area (TPSA) is 111 Å². The number of rotatable bonds is 5. The van der Waals surface area contributed by atoms with Crippen LogP contribution in [0.25, 0.3) is 0 Å². The fourth-order valence-electron chi connectivity index (χ4n) is 4.40. The highest BCUT2D eigenvalue weighted by atomic mass is 32.2. The Morgan fingerprint density at radius 1 is 1.08 bits per heavy atom. The molecule has 9 nitrogen and oxygen atoms in total. The van der Waals surface area contributed by atoms with Gasteiger partial charge >= 0.3 is 6.09 Å². The summed E-state index contributed by atoms with van der Waals surface area (Å²) in [6, 6.07) is 15.1. The highest BCUT2D eigenvalue weighted by Gasteiger charge is 2.42. The van der Waals surface area contributed by atoms with Crippen LogP contribution >= 0.6 is 11.8 Å². The fraction of sp³-hybridized carbons (Fsp3) is 0.423. The number of benzene rings is 2. The highest BCUT2D eigenvalue weighted by Crippen LogP contribution is 2.35. The molecule has 192 valence electrons. The van der Waals surface area contributed by atoms with Gasteiger partial charge in [0.25, 0.3) is 5.91 Å². The first kappa shape index (κ1) is 25.8. The van der Waals surface area contributed by atoms with E-state index in [1.807, 2.05) is 30.0 Å². The maximum Gasteiger partial charge on any atom is 0.410 e. The normalized spacial score (nSPS) is 19.4. The van der Waals surface area contributed by atoms with Crippen LogP contribution in [-0.4, -0.2) is 65.0 Å². The Balaban J connectivity index is 1.40. The molecule has 36 heavy (non-hydrogen) atoms. The molecule has 2 aliphatic rings. The van der Waals surface area contributed by atoms with Crippen LogP contribution in [-0.2, 0) is 16.1 Å². The van der Waals surface area contributed by atoms with Crippen molar-refractivity contribution in [2.24, 2.45) is 5.92 Å². The number of carbonyl (C=O) groups excluding carboxylic acids is 3. The van der Waals surface area contributed by atoms with Crippen molar-refractivity contribution in [3.05, 3.63) is 59.7 Å². The third-order valence-corrected chi connectivity index (χ3v) is 7.19. The summed E-state index contributed by atoms with van der Waals surface area (Å²) < 4.78 is 5.39. The number of anilines is 1. The first-order valence-electron chi connectivity index (χ1n) is 11.9. The third kappa shape index (κ3) is 6.11. The van der Waals surface area contributed by atoms with Crippen LogP contribution in [0.3, 0.4) is 0 Å². The SMILES string of the molecule is CC(C)(C)OC(=O)N1C[C@H](C(=O)NO)[C@H](NC(=O)c2ccc(CN3CCSc4ccccc43)cc2)C1. The number of nitrogens with zero attached hydrogens (tertiary/aromatic N) is 2. The molecule has 0 radical (unpaired) electrons. The molecule has 0 saturated carbocycles. The minimum atomic E-state index is -0.803. The van der Waals surface area contributed by atoms with E-state index in [1.165, 1.54) is 15.5 Å². The van der Waals surface area contributed by atoms with Gasteiger partial charge in [0.05, 0.1) is 17.6 Å². The largest absolute Gasteiger partial charge is 0.444 e. The van der Waals surface area contributed by atoms with Gasteiger partial charge in [-0.3, -0.25) is 14.8 Å². The van der Waals surface area contributed by atoms with Crippen molar-refractivity contribution in [2.75, 3.05) is 30.3 Å². The molecule has 0 aromatic heterocycles. The Bertz CT molecular complexity index is 1120. The van der Waals surface area contributed by atoms with Gasteiger partial charge in [-0.05, 0) is 50.6 Å². The number of thioether (sulfide) groups is 1. The lowest BCUT2D eigenvalue weighted by Crippen LogP contribution is -2.45. The van der Waals surface area contributed by atoms with Gasteiger partial charge in [-0.15, -0.1) is 11.8 Å². The van der Waals surface area contributed by atoms with Crippen molar-refractivity contribution in [1.29, 1.82) is 0 Å². The average Bonchev–Trinajstić information content (AvgIpc) is 3.27. The molecule has 3 N–H and O–H groups in total. The molecule has 2 heterocycles. The number of hydrogen-bond acceptors (Lipinski definition) is 7. The quantitative estimate of drug-likeness (QED) is 0.417. The molecule has 1 saturated heterocycles. The van der Waals surface area contributed by atoms with Gasteiger partial charge in [0, 0.05) is 42.4 Å². The number of nitrogens with one attached hydrogen (secondary N) is 2. The minimum absolute atomic E-state index is 0.0286. The summed E-state index contributed by atoms with van der Waals surface area (Å²) >= 11 is 1.86. The van der Waals surface area contributed by atoms with Crippen LogP contribution < -0.4 is 15.7 Å². The number of hydroxylamine groups is 1. The number of ether oxygens (including phenoxy) is 1. The molecule has 4 rings (SSSR count). The predicted molar refractivity (Wildman–Crippen MR) is 137 cm³/mol. The van der Waals surface area contributed by atoms with Gasteiger partial charge in [-0.25, -0.2) is 10.3 Å². The molecule has 10 heteroatoms. The lowest BCUT2D eigenvalue weighted by Gasteiger charge is -2.30. The predicted octanol–water partition coefficient (Wildman–Crippen LogP) is 3.27. The summed E-state index contributed by atoms with van der Waals surface area (Å²) in [5.74, 6) is -0.792. The molecular formula is C26H32N4O5S. The number of likely N-dealkylation sites (tertiary alicyclic amines) is 1. The zero-order chi connectivity index (χ0) is 25.9. The van der Waals surface area contributed by atoms with Crippen LogP contribution in [0.2, 0.25) is 0 Å². The van der Waals surface area contributed by atoms with Crippen LogP contribution in [0.5, 0.6) is 0 Å². The Hall–Kier alpha value is -3.24. The molecule has 0 aliphatic carbocycles. The molecule has 0 spiro atoms. The first-order valence-corrected chi connectivity index (χ1v) is 12.9. The van der Waals surface area contributed by atoms with Crippen molar-refractivity contribution < 1.29 is 24.3 Å². The molecule has 2 aromatic carbocycles. The zero-order valence-electron chi connectivity index (χ0n) is 20.7. The molecule has 0 bridgehead atoms. The van der Waals surface area contributed by atoms with Gasteiger partial charge in [0.15, 0.2) is 0 Å². The number of carbonyl (C=O) groups is 3. The number of para-hydroxylation sites is 1. The molecule has 1 fully saturated rings. The minimum Gasteiger partial charge on any atom is -0.444 e. The van der Waals surface area contributed by atoms with Crippen molar-refractivity contribution >= 4 is 35.4 Å². The second-order valence-corrected chi connectivity index (χ2v) is 11.1. The lowest BCUT2D eigenvalue weighted by molar-refractivity contribution is -0.133. The van der Waals surface area contributed by atoms with Gasteiger partial charge < -0.3 is 19.9 Å². The molecule has 3 amide bonds. The maximum absolute atomic E-state index is 13.0. The maximum atomic E-state index is 13.0. The number of hydrogen-bond donors (Lipinski definition) is 3. The summed E-state index contributed by atoms with van der Waals surface area (Å²) in [4.78, 5) is 42.7. The fourth-order valence-corrected chi connectivity index (χ4v) is 5.45. The van der Waals surface area contributed by atoms with E-state index >= 15 is 0 Å². The number of amides is 3. The van der Waals surface area contributed by atoms with Crippen LogP contribution in [0.1, 0.15) is 36.7 Å². The van der Waals surface area contributed by atoms with Crippen molar-refractivity contribution in [3.8, 4) is 0 Å². The van der Waals surface area contributed by atoms with Gasteiger partial charge in [-0.1, -0.05) is 24.3 Å². The zero-order valence-corrected chi connectivity index (χ0v) is 21.5. The van der Waals surface area contributed by atoms with Crippen LogP contribution in [0.4, 0.5) is 10.5 Å². The molecule has 0 unspecified atom stereocenters. The Kier molecular flexibility index (Phi) is 7.75.